The molecule has 1 aliphatic heterocycles. The lowest BCUT2D eigenvalue weighted by atomic mass is 10.1. The number of unbranched alkanes of at least 4 members (excludes halogenated alkanes) is 1. The van der Waals surface area contributed by atoms with Gasteiger partial charge in [0, 0.05) is 35.7 Å². The number of para-hydroxylation sites is 1. The van der Waals surface area contributed by atoms with Crippen molar-refractivity contribution in [3.63, 3.8) is 0 Å². The number of hydrogen-bond acceptors (Lipinski definition) is 5. The molecule has 0 radical (unpaired) electrons. The first-order valence-corrected chi connectivity index (χ1v) is 10.7. The van der Waals surface area contributed by atoms with Gasteiger partial charge in [-0.3, -0.25) is 10.1 Å². The van der Waals surface area contributed by atoms with Crippen molar-refractivity contribution < 1.29 is 9.66 Å². The summed E-state index contributed by atoms with van der Waals surface area (Å²) in [6.45, 7) is 3.67. The summed E-state index contributed by atoms with van der Waals surface area (Å²) in [5.41, 5.74) is 1.30. The second-order valence-electron chi connectivity index (χ2n) is 7.16. The van der Waals surface area contributed by atoms with E-state index in [1.165, 1.54) is 6.07 Å². The third kappa shape index (κ3) is 6.84. The van der Waals surface area contributed by atoms with Crippen molar-refractivity contribution in [1.29, 1.82) is 0 Å². The molecule has 0 spiro atoms. The highest BCUT2D eigenvalue weighted by atomic mass is 79.9. The van der Waals surface area contributed by atoms with Crippen LogP contribution < -0.4 is 0 Å². The molecule has 0 aliphatic carbocycles. The summed E-state index contributed by atoms with van der Waals surface area (Å²) >= 11 is 12.9. The number of ether oxygens (including phenoxy) is 1. The fourth-order valence-corrected chi connectivity index (χ4v) is 3.77. The standard InChI is InChI=1S/C22H25Cl2N3O3.BrH/c1-2-3-14-30-21(17-8-10-19(23)11-9-17)22(24)26-13-12-25(16-26)15-18-6-4-5-7-20(18)27(28)29;/h4-13,21-22H,2-3,14-16H2,1H3;1H. The maximum Gasteiger partial charge on any atom is 0.274 e. The molecule has 0 saturated carbocycles. The summed E-state index contributed by atoms with van der Waals surface area (Å²) in [5, 5.41) is 11.9. The molecular weight excluding hydrogens is 505 g/mol. The summed E-state index contributed by atoms with van der Waals surface area (Å²) in [7, 11) is 0. The minimum atomic E-state index is -0.435. The third-order valence-electron chi connectivity index (χ3n) is 4.94. The van der Waals surface area contributed by atoms with Gasteiger partial charge in [0.15, 0.2) is 0 Å². The molecule has 0 amide bonds. The molecular formula is C22H26BrCl2N3O3. The predicted molar refractivity (Wildman–Crippen MR) is 130 cm³/mol. The van der Waals surface area contributed by atoms with E-state index in [9.17, 15) is 10.1 Å². The highest BCUT2D eigenvalue weighted by Crippen LogP contribution is 2.31. The van der Waals surface area contributed by atoms with Crippen LogP contribution >= 0.6 is 40.2 Å². The molecule has 0 fully saturated rings. The van der Waals surface area contributed by atoms with Gasteiger partial charge in [0.1, 0.15) is 11.6 Å². The van der Waals surface area contributed by atoms with E-state index in [-0.39, 0.29) is 33.7 Å². The topological polar surface area (TPSA) is 58.8 Å². The van der Waals surface area contributed by atoms with Gasteiger partial charge in [0.25, 0.3) is 5.69 Å². The molecule has 1 aliphatic rings. The molecule has 0 saturated heterocycles. The first-order chi connectivity index (χ1) is 14.5. The van der Waals surface area contributed by atoms with Gasteiger partial charge in [-0.25, -0.2) is 0 Å². The molecule has 2 atom stereocenters. The predicted octanol–water partition coefficient (Wildman–Crippen LogP) is 6.50. The third-order valence-corrected chi connectivity index (χ3v) is 5.67. The summed E-state index contributed by atoms with van der Waals surface area (Å²) in [4.78, 5) is 14.9. The zero-order valence-electron chi connectivity index (χ0n) is 17.2. The lowest BCUT2D eigenvalue weighted by molar-refractivity contribution is -0.385. The fraction of sp³-hybridized carbons (Fsp3) is 0.364. The number of hydrogen-bond donors (Lipinski definition) is 0. The summed E-state index contributed by atoms with van der Waals surface area (Å²) in [6, 6.07) is 14.3. The van der Waals surface area contributed by atoms with E-state index in [1.807, 2.05) is 52.5 Å². The van der Waals surface area contributed by atoms with Crippen molar-refractivity contribution >= 4 is 45.9 Å². The van der Waals surface area contributed by atoms with Gasteiger partial charge in [0.2, 0.25) is 0 Å². The molecule has 168 valence electrons. The number of nitrogens with zero attached hydrogens (tertiary/aromatic N) is 3. The zero-order valence-corrected chi connectivity index (χ0v) is 20.4. The Bertz CT molecular complexity index is 883. The van der Waals surface area contributed by atoms with E-state index >= 15 is 0 Å². The van der Waals surface area contributed by atoms with Crippen molar-refractivity contribution in [3.8, 4) is 0 Å². The average molecular weight is 531 g/mol. The summed E-state index contributed by atoms with van der Waals surface area (Å²) in [6.07, 6.45) is 5.46. The molecule has 1 heterocycles. The molecule has 9 heteroatoms. The monoisotopic (exact) mass is 529 g/mol. The van der Waals surface area contributed by atoms with E-state index in [1.54, 1.807) is 12.1 Å². The number of nitro benzene ring substituents is 1. The minimum absolute atomic E-state index is 0. The molecule has 31 heavy (non-hydrogen) atoms. The fourth-order valence-electron chi connectivity index (χ4n) is 3.30. The van der Waals surface area contributed by atoms with Crippen LogP contribution in [-0.2, 0) is 11.3 Å². The zero-order chi connectivity index (χ0) is 21.5. The summed E-state index contributed by atoms with van der Waals surface area (Å²) < 4.78 is 6.13. The van der Waals surface area contributed by atoms with Crippen molar-refractivity contribution in [2.75, 3.05) is 13.3 Å². The highest BCUT2D eigenvalue weighted by molar-refractivity contribution is 8.93. The second-order valence-corrected chi connectivity index (χ2v) is 8.04. The van der Waals surface area contributed by atoms with Crippen molar-refractivity contribution in [2.45, 2.75) is 37.9 Å². The first kappa shape index (κ1) is 25.5. The Kier molecular flexibility index (Phi) is 10.1. The van der Waals surface area contributed by atoms with Gasteiger partial charge in [-0.15, -0.1) is 17.0 Å². The maximum absolute atomic E-state index is 11.3. The van der Waals surface area contributed by atoms with Gasteiger partial charge in [-0.05, 0) is 24.1 Å². The smallest absolute Gasteiger partial charge is 0.274 e. The van der Waals surface area contributed by atoms with Crippen LogP contribution in [0.5, 0.6) is 0 Å². The van der Waals surface area contributed by atoms with E-state index in [0.29, 0.717) is 30.4 Å². The number of nitro groups is 1. The Morgan fingerprint density at radius 1 is 1.16 bits per heavy atom. The first-order valence-electron chi connectivity index (χ1n) is 9.91. The van der Waals surface area contributed by atoms with Crippen LogP contribution in [0.1, 0.15) is 37.0 Å². The van der Waals surface area contributed by atoms with Crippen LogP contribution in [0.3, 0.4) is 0 Å². The molecule has 2 aromatic carbocycles. The quantitative estimate of drug-likeness (QED) is 0.115. The largest absolute Gasteiger partial charge is 0.370 e. The SMILES string of the molecule is Br.CCCCOC(c1ccc(Cl)cc1)C(Cl)N1C=CN(Cc2ccccc2[N+](=O)[O-])C1. The summed E-state index contributed by atoms with van der Waals surface area (Å²) in [5.74, 6) is 0. The van der Waals surface area contributed by atoms with E-state index in [0.717, 1.165) is 18.4 Å². The molecule has 2 aromatic rings. The Hall–Kier alpha value is -1.80. The molecule has 2 unspecified atom stereocenters. The van der Waals surface area contributed by atoms with Crippen LogP contribution in [0.25, 0.3) is 0 Å². The Balaban J connectivity index is 0.00000341. The molecule has 3 rings (SSSR count). The van der Waals surface area contributed by atoms with E-state index in [2.05, 4.69) is 6.92 Å². The van der Waals surface area contributed by atoms with Crippen LogP contribution in [0.2, 0.25) is 5.02 Å². The lowest BCUT2D eigenvalue weighted by Gasteiger charge is -2.31. The van der Waals surface area contributed by atoms with Crippen LogP contribution in [0, 0.1) is 10.1 Å². The highest BCUT2D eigenvalue weighted by Gasteiger charge is 2.29. The van der Waals surface area contributed by atoms with Crippen molar-refractivity contribution in [2.24, 2.45) is 0 Å². The van der Waals surface area contributed by atoms with Gasteiger partial charge >= 0.3 is 0 Å². The lowest BCUT2D eigenvalue weighted by Crippen LogP contribution is -2.35. The van der Waals surface area contributed by atoms with Crippen LogP contribution in [0.4, 0.5) is 5.69 Å². The van der Waals surface area contributed by atoms with Crippen LogP contribution in [0.15, 0.2) is 60.9 Å². The minimum Gasteiger partial charge on any atom is -0.370 e. The van der Waals surface area contributed by atoms with Gasteiger partial charge in [-0.2, -0.15) is 0 Å². The number of rotatable bonds is 10. The number of halogens is 3. The Morgan fingerprint density at radius 3 is 2.55 bits per heavy atom. The van der Waals surface area contributed by atoms with E-state index < -0.39 is 5.50 Å². The molecule has 0 aromatic heterocycles. The average Bonchev–Trinajstić information content (AvgIpc) is 3.20. The number of alkyl halides is 1. The maximum atomic E-state index is 11.3. The number of benzene rings is 2. The van der Waals surface area contributed by atoms with Gasteiger partial charge < -0.3 is 14.5 Å². The van der Waals surface area contributed by atoms with Gasteiger partial charge in [-0.1, -0.05) is 66.9 Å². The Labute approximate surface area is 203 Å². The van der Waals surface area contributed by atoms with Crippen molar-refractivity contribution in [3.05, 3.63) is 87.2 Å². The molecule has 0 bridgehead atoms. The van der Waals surface area contributed by atoms with Crippen LogP contribution in [-0.4, -0.2) is 33.5 Å². The Morgan fingerprint density at radius 2 is 1.87 bits per heavy atom. The molecule has 6 nitrogen and oxygen atoms in total. The van der Waals surface area contributed by atoms with E-state index in [4.69, 9.17) is 27.9 Å². The molecule has 0 N–H and O–H groups in total. The second kappa shape index (κ2) is 12.3. The van der Waals surface area contributed by atoms with Gasteiger partial charge in [0.05, 0.1) is 18.1 Å². The normalized spacial score (nSPS) is 14.9. The van der Waals surface area contributed by atoms with Crippen molar-refractivity contribution in [1.82, 2.24) is 9.80 Å².